The van der Waals surface area contributed by atoms with Crippen molar-refractivity contribution >= 4 is 5.97 Å². The van der Waals surface area contributed by atoms with E-state index in [9.17, 15) is 4.79 Å². The number of aliphatic carboxylic acids is 1. The molecule has 4 heteroatoms. The van der Waals surface area contributed by atoms with Gasteiger partial charge < -0.3 is 5.11 Å². The Balaban J connectivity index is 2.24. The lowest BCUT2D eigenvalue weighted by Gasteiger charge is -2.06. The van der Waals surface area contributed by atoms with E-state index in [4.69, 9.17) is 5.11 Å². The van der Waals surface area contributed by atoms with Crippen molar-refractivity contribution in [3.05, 3.63) is 17.5 Å². The fraction of sp³-hybridized carbons (Fsp3) is 0.636. The third kappa shape index (κ3) is 2.19. The molecule has 15 heavy (non-hydrogen) atoms. The summed E-state index contributed by atoms with van der Waals surface area (Å²) in [5, 5.41) is 13.1. The van der Waals surface area contributed by atoms with Crippen LogP contribution in [0.5, 0.6) is 0 Å². The van der Waals surface area contributed by atoms with Gasteiger partial charge in [0.2, 0.25) is 0 Å². The molecule has 1 aliphatic carbocycles. The van der Waals surface area contributed by atoms with Gasteiger partial charge in [-0.05, 0) is 19.3 Å². The Bertz CT molecular complexity index is 367. The van der Waals surface area contributed by atoms with Crippen molar-refractivity contribution in [1.82, 2.24) is 9.78 Å². The second-order valence-corrected chi connectivity index (χ2v) is 4.12. The third-order valence-corrected chi connectivity index (χ3v) is 2.70. The zero-order valence-electron chi connectivity index (χ0n) is 8.94. The molecule has 0 bridgehead atoms. The van der Waals surface area contributed by atoms with E-state index in [0.29, 0.717) is 5.92 Å². The van der Waals surface area contributed by atoms with Crippen LogP contribution in [0.2, 0.25) is 0 Å². The van der Waals surface area contributed by atoms with Gasteiger partial charge in [0.1, 0.15) is 0 Å². The number of rotatable bonds is 5. The summed E-state index contributed by atoms with van der Waals surface area (Å²) < 4.78 is 1.98. The van der Waals surface area contributed by atoms with Crippen LogP contribution in [0.3, 0.4) is 0 Å². The quantitative estimate of drug-likeness (QED) is 0.802. The van der Waals surface area contributed by atoms with Crippen LogP contribution in [-0.2, 0) is 17.8 Å². The Morgan fingerprint density at radius 2 is 2.40 bits per heavy atom. The van der Waals surface area contributed by atoms with Gasteiger partial charge in [-0.15, -0.1) is 0 Å². The monoisotopic (exact) mass is 208 g/mol. The second kappa shape index (κ2) is 4.04. The predicted octanol–water partition coefficient (Wildman–Crippen LogP) is 1.80. The Hall–Kier alpha value is -1.32. The van der Waals surface area contributed by atoms with Crippen molar-refractivity contribution in [2.75, 3.05) is 0 Å². The number of carbonyl (C=O) groups is 1. The number of aromatic nitrogens is 2. The molecule has 0 aromatic carbocycles. The molecule has 4 nitrogen and oxygen atoms in total. The second-order valence-electron chi connectivity index (χ2n) is 4.12. The average molecular weight is 208 g/mol. The van der Waals surface area contributed by atoms with Gasteiger partial charge in [0.15, 0.2) is 0 Å². The Morgan fingerprint density at radius 3 is 2.93 bits per heavy atom. The minimum atomic E-state index is -0.770. The molecule has 0 saturated heterocycles. The van der Waals surface area contributed by atoms with Gasteiger partial charge in [-0.2, -0.15) is 5.10 Å². The molecule has 1 fully saturated rings. The number of carboxylic acids is 1. The maximum atomic E-state index is 10.7. The summed E-state index contributed by atoms with van der Waals surface area (Å²) in [6.45, 7) is 3.00. The summed E-state index contributed by atoms with van der Waals surface area (Å²) in [5.74, 6) is -0.207. The van der Waals surface area contributed by atoms with E-state index < -0.39 is 5.97 Å². The van der Waals surface area contributed by atoms with Gasteiger partial charge in [-0.1, -0.05) is 6.92 Å². The van der Waals surface area contributed by atoms with Crippen molar-refractivity contribution in [1.29, 1.82) is 0 Å². The molecule has 82 valence electrons. The molecular formula is C11H16N2O2. The lowest BCUT2D eigenvalue weighted by molar-refractivity contribution is -0.136. The SMILES string of the molecule is CCCn1ncc(CC(=O)O)c1C1CC1. The molecule has 1 aliphatic rings. The van der Waals surface area contributed by atoms with Crippen LogP contribution >= 0.6 is 0 Å². The Kier molecular flexibility index (Phi) is 2.75. The van der Waals surface area contributed by atoms with Gasteiger partial charge in [-0.25, -0.2) is 0 Å². The first kappa shape index (κ1) is 10.2. The number of carboxylic acid groups (broad SMARTS) is 1. The van der Waals surface area contributed by atoms with E-state index in [1.54, 1.807) is 6.20 Å². The zero-order valence-corrected chi connectivity index (χ0v) is 8.94. The fourth-order valence-electron chi connectivity index (χ4n) is 1.95. The number of hydrogen-bond acceptors (Lipinski definition) is 2. The fourth-order valence-corrected chi connectivity index (χ4v) is 1.95. The van der Waals surface area contributed by atoms with Gasteiger partial charge in [0.25, 0.3) is 0 Å². The van der Waals surface area contributed by atoms with Gasteiger partial charge in [0.05, 0.1) is 12.6 Å². The van der Waals surface area contributed by atoms with E-state index >= 15 is 0 Å². The molecule has 0 atom stereocenters. The summed E-state index contributed by atoms with van der Waals surface area (Å²) in [6.07, 6.45) is 5.23. The lowest BCUT2D eigenvalue weighted by atomic mass is 10.1. The average Bonchev–Trinajstić information content (AvgIpc) is 2.92. The normalized spacial score (nSPS) is 15.5. The maximum absolute atomic E-state index is 10.7. The first-order valence-corrected chi connectivity index (χ1v) is 5.48. The van der Waals surface area contributed by atoms with E-state index in [-0.39, 0.29) is 6.42 Å². The summed E-state index contributed by atoms with van der Waals surface area (Å²) >= 11 is 0. The van der Waals surface area contributed by atoms with Crippen molar-refractivity contribution in [3.8, 4) is 0 Å². The first-order valence-electron chi connectivity index (χ1n) is 5.48. The molecule has 0 unspecified atom stereocenters. The number of nitrogens with zero attached hydrogens (tertiary/aromatic N) is 2. The highest BCUT2D eigenvalue weighted by molar-refractivity contribution is 5.70. The predicted molar refractivity (Wildman–Crippen MR) is 55.8 cm³/mol. The minimum absolute atomic E-state index is 0.107. The molecule has 0 amide bonds. The van der Waals surface area contributed by atoms with Crippen LogP contribution in [0.25, 0.3) is 0 Å². The number of aryl methyl sites for hydroxylation is 1. The molecule has 1 saturated carbocycles. The molecule has 1 aromatic rings. The molecule has 2 rings (SSSR count). The Labute approximate surface area is 88.9 Å². The first-order chi connectivity index (χ1) is 7.22. The highest BCUT2D eigenvalue weighted by Gasteiger charge is 2.30. The van der Waals surface area contributed by atoms with Crippen LogP contribution in [-0.4, -0.2) is 20.9 Å². The van der Waals surface area contributed by atoms with E-state index in [1.807, 2.05) is 4.68 Å². The van der Waals surface area contributed by atoms with Crippen molar-refractivity contribution < 1.29 is 9.90 Å². The molecule has 1 N–H and O–H groups in total. The van der Waals surface area contributed by atoms with Crippen LogP contribution in [0.1, 0.15) is 43.4 Å². The molecule has 0 radical (unpaired) electrons. The zero-order chi connectivity index (χ0) is 10.8. The summed E-state index contributed by atoms with van der Waals surface area (Å²) in [7, 11) is 0. The molecular weight excluding hydrogens is 192 g/mol. The van der Waals surface area contributed by atoms with Crippen LogP contribution < -0.4 is 0 Å². The Morgan fingerprint density at radius 1 is 1.67 bits per heavy atom. The van der Waals surface area contributed by atoms with E-state index in [1.165, 1.54) is 18.5 Å². The van der Waals surface area contributed by atoms with Gasteiger partial charge >= 0.3 is 5.97 Å². The van der Waals surface area contributed by atoms with Gasteiger partial charge in [-0.3, -0.25) is 9.48 Å². The summed E-state index contributed by atoms with van der Waals surface area (Å²) in [5.41, 5.74) is 2.07. The van der Waals surface area contributed by atoms with Crippen molar-refractivity contribution in [3.63, 3.8) is 0 Å². The van der Waals surface area contributed by atoms with Crippen LogP contribution in [0.15, 0.2) is 6.20 Å². The third-order valence-electron chi connectivity index (χ3n) is 2.70. The highest BCUT2D eigenvalue weighted by atomic mass is 16.4. The van der Waals surface area contributed by atoms with Crippen LogP contribution in [0, 0.1) is 0 Å². The largest absolute Gasteiger partial charge is 0.481 e. The summed E-state index contributed by atoms with van der Waals surface area (Å²) in [6, 6.07) is 0. The topological polar surface area (TPSA) is 55.1 Å². The van der Waals surface area contributed by atoms with E-state index in [0.717, 1.165) is 18.5 Å². The molecule has 1 heterocycles. The smallest absolute Gasteiger partial charge is 0.307 e. The van der Waals surface area contributed by atoms with Crippen molar-refractivity contribution in [2.45, 2.75) is 45.1 Å². The lowest BCUT2D eigenvalue weighted by Crippen LogP contribution is -2.07. The van der Waals surface area contributed by atoms with Gasteiger partial charge in [0, 0.05) is 23.7 Å². The van der Waals surface area contributed by atoms with Crippen LogP contribution in [0.4, 0.5) is 0 Å². The molecule has 0 spiro atoms. The standard InChI is InChI=1S/C11H16N2O2/c1-2-5-13-11(8-3-4-8)9(7-12-13)6-10(14)15/h7-8H,2-6H2,1H3,(H,14,15). The minimum Gasteiger partial charge on any atom is -0.481 e. The maximum Gasteiger partial charge on any atom is 0.307 e. The highest BCUT2D eigenvalue weighted by Crippen LogP contribution is 2.41. The molecule has 1 aromatic heterocycles. The molecule has 0 aliphatic heterocycles. The van der Waals surface area contributed by atoms with Crippen molar-refractivity contribution in [2.24, 2.45) is 0 Å². The summed E-state index contributed by atoms with van der Waals surface area (Å²) in [4.78, 5) is 10.7. The number of hydrogen-bond donors (Lipinski definition) is 1. The van der Waals surface area contributed by atoms with E-state index in [2.05, 4.69) is 12.0 Å².